The van der Waals surface area contributed by atoms with E-state index < -0.39 is 12.0 Å². The fourth-order valence-electron chi connectivity index (χ4n) is 1.75. The van der Waals surface area contributed by atoms with E-state index in [0.717, 1.165) is 11.3 Å². The number of hydrogen-bond acceptors (Lipinski definition) is 3. The van der Waals surface area contributed by atoms with Gasteiger partial charge in [-0.3, -0.25) is 4.68 Å². The van der Waals surface area contributed by atoms with Gasteiger partial charge in [0.05, 0.1) is 6.20 Å². The van der Waals surface area contributed by atoms with Crippen LogP contribution in [0.2, 0.25) is 0 Å². The lowest BCUT2D eigenvalue weighted by Gasteiger charge is -2.28. The van der Waals surface area contributed by atoms with Crippen molar-refractivity contribution >= 4 is 11.7 Å². The standard InChI is InChI=1S/C11H13N3O2/c1-13-7-8(6-12-13)9-4-3-5-10(11(15)16)14(9)2/h3-7,10H,1-2H3,(H,15,16). The summed E-state index contributed by atoms with van der Waals surface area (Å²) in [5.41, 5.74) is 1.78. The Bertz CT molecular complexity index is 473. The molecule has 2 rings (SSSR count). The van der Waals surface area contributed by atoms with E-state index in [0.29, 0.717) is 0 Å². The van der Waals surface area contributed by atoms with E-state index >= 15 is 0 Å². The summed E-state index contributed by atoms with van der Waals surface area (Å²) in [7, 11) is 3.60. The Morgan fingerprint density at radius 2 is 2.25 bits per heavy atom. The summed E-state index contributed by atoms with van der Waals surface area (Å²) in [6, 6.07) is -0.611. The monoisotopic (exact) mass is 219 g/mol. The Kier molecular flexibility index (Phi) is 2.52. The predicted octanol–water partition coefficient (Wildman–Crippen LogP) is 0.716. The zero-order valence-corrected chi connectivity index (χ0v) is 9.16. The topological polar surface area (TPSA) is 58.4 Å². The highest BCUT2D eigenvalue weighted by Crippen LogP contribution is 2.23. The van der Waals surface area contributed by atoms with Crippen LogP contribution in [0.3, 0.4) is 0 Å². The van der Waals surface area contributed by atoms with Crippen molar-refractivity contribution in [2.24, 2.45) is 7.05 Å². The summed E-state index contributed by atoms with van der Waals surface area (Å²) in [6.07, 6.45) is 8.89. The summed E-state index contributed by atoms with van der Waals surface area (Å²) in [4.78, 5) is 12.7. The van der Waals surface area contributed by atoms with Crippen LogP contribution in [0.15, 0.2) is 30.6 Å². The second-order valence-corrected chi connectivity index (χ2v) is 3.73. The second kappa shape index (κ2) is 3.84. The number of likely N-dealkylation sites (N-methyl/N-ethyl adjacent to an activating group) is 1. The molecule has 1 aliphatic heterocycles. The first-order chi connectivity index (χ1) is 7.59. The quantitative estimate of drug-likeness (QED) is 0.796. The second-order valence-electron chi connectivity index (χ2n) is 3.73. The fraction of sp³-hybridized carbons (Fsp3) is 0.273. The van der Waals surface area contributed by atoms with Crippen LogP contribution in [0.25, 0.3) is 5.70 Å². The lowest BCUT2D eigenvalue weighted by molar-refractivity contribution is -0.140. The molecule has 0 radical (unpaired) electrons. The average molecular weight is 219 g/mol. The van der Waals surface area contributed by atoms with E-state index in [1.54, 1.807) is 35.0 Å². The lowest BCUT2D eigenvalue weighted by Crippen LogP contribution is -2.36. The molecule has 5 heteroatoms. The number of carboxylic acids is 1. The molecule has 5 nitrogen and oxygen atoms in total. The van der Waals surface area contributed by atoms with Crippen molar-refractivity contribution in [2.45, 2.75) is 6.04 Å². The number of hydrogen-bond donors (Lipinski definition) is 1. The maximum absolute atomic E-state index is 11.0. The summed E-state index contributed by atoms with van der Waals surface area (Å²) < 4.78 is 1.69. The molecular weight excluding hydrogens is 206 g/mol. The number of carboxylic acid groups (broad SMARTS) is 1. The number of aromatic nitrogens is 2. The minimum Gasteiger partial charge on any atom is -0.479 e. The first-order valence-electron chi connectivity index (χ1n) is 4.93. The van der Waals surface area contributed by atoms with E-state index in [1.807, 2.05) is 19.3 Å². The van der Waals surface area contributed by atoms with Crippen LogP contribution in [0.1, 0.15) is 5.56 Å². The van der Waals surface area contributed by atoms with Gasteiger partial charge < -0.3 is 10.0 Å². The number of aryl methyl sites for hydroxylation is 1. The minimum absolute atomic E-state index is 0.611. The van der Waals surface area contributed by atoms with E-state index in [-0.39, 0.29) is 0 Å². The molecule has 1 aliphatic rings. The first-order valence-corrected chi connectivity index (χ1v) is 4.93. The zero-order chi connectivity index (χ0) is 11.7. The molecule has 0 aliphatic carbocycles. The smallest absolute Gasteiger partial charge is 0.330 e. The van der Waals surface area contributed by atoms with Gasteiger partial charge in [0.15, 0.2) is 0 Å². The Hall–Kier alpha value is -2.04. The van der Waals surface area contributed by atoms with Crippen LogP contribution in [-0.4, -0.2) is 38.8 Å². The Labute approximate surface area is 93.3 Å². The van der Waals surface area contributed by atoms with Crippen LogP contribution in [-0.2, 0) is 11.8 Å². The van der Waals surface area contributed by atoms with Gasteiger partial charge >= 0.3 is 5.97 Å². The molecule has 0 aromatic carbocycles. The SMILES string of the molecule is CN1C(c2cnn(C)c2)=CC=CC1C(=O)O. The third-order valence-corrected chi connectivity index (χ3v) is 2.60. The normalized spacial score (nSPS) is 19.8. The molecule has 1 unspecified atom stereocenters. The molecule has 0 saturated heterocycles. The largest absolute Gasteiger partial charge is 0.479 e. The van der Waals surface area contributed by atoms with Crippen LogP contribution >= 0.6 is 0 Å². The van der Waals surface area contributed by atoms with Crippen molar-refractivity contribution in [3.05, 3.63) is 36.2 Å². The minimum atomic E-state index is -0.853. The molecular formula is C11H13N3O2. The van der Waals surface area contributed by atoms with Gasteiger partial charge in [-0.05, 0) is 6.08 Å². The Morgan fingerprint density at radius 1 is 1.50 bits per heavy atom. The van der Waals surface area contributed by atoms with Crippen molar-refractivity contribution in [1.29, 1.82) is 0 Å². The van der Waals surface area contributed by atoms with Crippen molar-refractivity contribution in [3.63, 3.8) is 0 Å². The zero-order valence-electron chi connectivity index (χ0n) is 9.16. The molecule has 2 heterocycles. The highest BCUT2D eigenvalue weighted by atomic mass is 16.4. The van der Waals surface area contributed by atoms with Crippen molar-refractivity contribution in [2.75, 3.05) is 7.05 Å². The number of nitrogens with zero attached hydrogens (tertiary/aromatic N) is 3. The van der Waals surface area contributed by atoms with Gasteiger partial charge in [0, 0.05) is 31.6 Å². The number of allylic oxidation sites excluding steroid dienone is 2. The molecule has 1 atom stereocenters. The van der Waals surface area contributed by atoms with E-state index in [9.17, 15) is 4.79 Å². The molecule has 0 amide bonds. The van der Waals surface area contributed by atoms with Crippen LogP contribution in [0.4, 0.5) is 0 Å². The van der Waals surface area contributed by atoms with Crippen LogP contribution in [0, 0.1) is 0 Å². The highest BCUT2D eigenvalue weighted by molar-refractivity contribution is 5.81. The van der Waals surface area contributed by atoms with Crippen molar-refractivity contribution in [3.8, 4) is 0 Å². The molecule has 16 heavy (non-hydrogen) atoms. The number of aliphatic carboxylic acids is 1. The van der Waals surface area contributed by atoms with Gasteiger partial charge in [-0.1, -0.05) is 12.2 Å². The van der Waals surface area contributed by atoms with Crippen molar-refractivity contribution in [1.82, 2.24) is 14.7 Å². The molecule has 84 valence electrons. The van der Waals surface area contributed by atoms with Gasteiger partial charge in [0.25, 0.3) is 0 Å². The van der Waals surface area contributed by atoms with Gasteiger partial charge in [-0.2, -0.15) is 5.10 Å². The molecule has 1 aromatic rings. The molecule has 1 aromatic heterocycles. The summed E-state index contributed by atoms with van der Waals surface area (Å²) >= 11 is 0. The van der Waals surface area contributed by atoms with E-state index in [4.69, 9.17) is 5.11 Å². The highest BCUT2D eigenvalue weighted by Gasteiger charge is 2.24. The van der Waals surface area contributed by atoms with E-state index in [1.165, 1.54) is 0 Å². The number of carbonyl (C=O) groups is 1. The number of rotatable bonds is 2. The first kappa shape index (κ1) is 10.5. The molecule has 0 bridgehead atoms. The maximum Gasteiger partial charge on any atom is 0.330 e. The molecule has 0 saturated carbocycles. The van der Waals surface area contributed by atoms with Gasteiger partial charge in [0.2, 0.25) is 0 Å². The van der Waals surface area contributed by atoms with Gasteiger partial charge in [-0.15, -0.1) is 0 Å². The third-order valence-electron chi connectivity index (χ3n) is 2.60. The van der Waals surface area contributed by atoms with E-state index in [2.05, 4.69) is 5.10 Å². The molecule has 0 spiro atoms. The average Bonchev–Trinajstić information content (AvgIpc) is 2.64. The third kappa shape index (κ3) is 1.71. The predicted molar refractivity (Wildman–Crippen MR) is 59.5 cm³/mol. The molecule has 1 N–H and O–H groups in total. The summed E-state index contributed by atoms with van der Waals surface area (Å²) in [5, 5.41) is 13.1. The maximum atomic E-state index is 11.0. The summed E-state index contributed by atoms with van der Waals surface area (Å²) in [6.45, 7) is 0. The summed E-state index contributed by atoms with van der Waals surface area (Å²) in [5.74, 6) is -0.853. The van der Waals surface area contributed by atoms with Crippen molar-refractivity contribution < 1.29 is 9.90 Å². The fourth-order valence-corrected chi connectivity index (χ4v) is 1.75. The van der Waals surface area contributed by atoms with Crippen LogP contribution in [0.5, 0.6) is 0 Å². The Balaban J connectivity index is 2.32. The van der Waals surface area contributed by atoms with Gasteiger partial charge in [-0.25, -0.2) is 4.79 Å². The van der Waals surface area contributed by atoms with Gasteiger partial charge in [0.1, 0.15) is 6.04 Å². The lowest BCUT2D eigenvalue weighted by atomic mass is 10.1. The molecule has 0 fully saturated rings. The van der Waals surface area contributed by atoms with Crippen LogP contribution < -0.4 is 0 Å². The Morgan fingerprint density at radius 3 is 2.81 bits per heavy atom.